The third-order valence-electron chi connectivity index (χ3n) is 3.67. The van der Waals surface area contributed by atoms with Crippen molar-refractivity contribution in [2.24, 2.45) is 5.92 Å². The van der Waals surface area contributed by atoms with Gasteiger partial charge in [-0.1, -0.05) is 51.7 Å². The van der Waals surface area contributed by atoms with Crippen LogP contribution in [0.3, 0.4) is 0 Å². The molecule has 0 unspecified atom stereocenters. The van der Waals surface area contributed by atoms with Gasteiger partial charge in [-0.05, 0) is 30.0 Å². The summed E-state index contributed by atoms with van der Waals surface area (Å²) in [5.74, 6) is 0.745. The molecular formula is C19H30N2O2. The predicted molar refractivity (Wildman–Crippen MR) is 95.4 cm³/mol. The molecule has 4 heteroatoms. The van der Waals surface area contributed by atoms with Crippen LogP contribution in [0.25, 0.3) is 0 Å². The average Bonchev–Trinajstić information content (AvgIpc) is 2.47. The van der Waals surface area contributed by atoms with E-state index in [2.05, 4.69) is 24.5 Å². The van der Waals surface area contributed by atoms with Crippen molar-refractivity contribution in [3.05, 3.63) is 29.8 Å². The molecule has 23 heavy (non-hydrogen) atoms. The summed E-state index contributed by atoms with van der Waals surface area (Å²) < 4.78 is 0. The van der Waals surface area contributed by atoms with Crippen LogP contribution in [-0.2, 0) is 16.0 Å². The van der Waals surface area contributed by atoms with E-state index in [1.807, 2.05) is 24.3 Å². The van der Waals surface area contributed by atoms with Crippen molar-refractivity contribution >= 4 is 17.5 Å². The lowest BCUT2D eigenvalue weighted by molar-refractivity contribution is -0.120. The Labute approximate surface area is 140 Å². The summed E-state index contributed by atoms with van der Waals surface area (Å²) in [6.45, 7) is 6.74. The number of anilines is 1. The lowest BCUT2D eigenvalue weighted by Gasteiger charge is -2.07. The average molecular weight is 318 g/mol. The van der Waals surface area contributed by atoms with Gasteiger partial charge in [0.1, 0.15) is 0 Å². The number of rotatable bonds is 10. The van der Waals surface area contributed by atoms with E-state index in [0.29, 0.717) is 6.42 Å². The molecule has 0 saturated heterocycles. The zero-order valence-electron chi connectivity index (χ0n) is 14.7. The first kappa shape index (κ1) is 19.2. The van der Waals surface area contributed by atoms with Crippen LogP contribution in [0, 0.1) is 5.92 Å². The molecule has 0 heterocycles. The summed E-state index contributed by atoms with van der Waals surface area (Å²) in [5, 5.41) is 5.68. The lowest BCUT2D eigenvalue weighted by Crippen LogP contribution is -2.26. The Morgan fingerprint density at radius 2 is 1.65 bits per heavy atom. The summed E-state index contributed by atoms with van der Waals surface area (Å²) in [4.78, 5) is 22.8. The molecule has 1 aromatic rings. The molecule has 0 aromatic heterocycles. The number of carbonyl (C=O) groups excluding carboxylic acids is 2. The van der Waals surface area contributed by atoms with Gasteiger partial charge in [-0.15, -0.1) is 0 Å². The van der Waals surface area contributed by atoms with Gasteiger partial charge in [0.05, 0.1) is 6.42 Å². The molecule has 1 rings (SSSR count). The van der Waals surface area contributed by atoms with Crippen LogP contribution < -0.4 is 10.6 Å². The maximum atomic E-state index is 11.9. The number of amides is 2. The first-order valence-corrected chi connectivity index (χ1v) is 8.60. The van der Waals surface area contributed by atoms with Gasteiger partial charge in [0.2, 0.25) is 11.8 Å². The quantitative estimate of drug-likeness (QED) is 0.643. The maximum absolute atomic E-state index is 11.9. The largest absolute Gasteiger partial charge is 0.356 e. The molecule has 4 nitrogen and oxygen atoms in total. The third kappa shape index (κ3) is 9.72. The molecule has 2 amide bonds. The van der Waals surface area contributed by atoms with E-state index >= 15 is 0 Å². The van der Waals surface area contributed by atoms with Crippen LogP contribution in [0.2, 0.25) is 0 Å². The molecule has 2 N–H and O–H groups in total. The van der Waals surface area contributed by atoms with Gasteiger partial charge in [-0.25, -0.2) is 0 Å². The van der Waals surface area contributed by atoms with Crippen molar-refractivity contribution in [3.8, 4) is 0 Å². The van der Waals surface area contributed by atoms with Gasteiger partial charge in [-0.3, -0.25) is 9.59 Å². The third-order valence-corrected chi connectivity index (χ3v) is 3.67. The number of carbonyl (C=O) groups is 2. The molecule has 0 aliphatic rings. The van der Waals surface area contributed by atoms with Crippen molar-refractivity contribution < 1.29 is 9.59 Å². The minimum atomic E-state index is -0.0936. The Morgan fingerprint density at radius 1 is 1.00 bits per heavy atom. The Kier molecular flexibility index (Phi) is 9.03. The molecule has 0 saturated carbocycles. The predicted octanol–water partition coefficient (Wildman–Crippen LogP) is 3.91. The normalized spacial score (nSPS) is 10.6. The van der Waals surface area contributed by atoms with Gasteiger partial charge in [-0.2, -0.15) is 0 Å². The zero-order chi connectivity index (χ0) is 17.1. The first-order valence-electron chi connectivity index (χ1n) is 8.60. The molecule has 0 radical (unpaired) electrons. The highest BCUT2D eigenvalue weighted by atomic mass is 16.2. The van der Waals surface area contributed by atoms with Crippen LogP contribution in [0.5, 0.6) is 0 Å². The molecule has 128 valence electrons. The number of nitrogens with one attached hydrogen (secondary N) is 2. The fourth-order valence-electron chi connectivity index (χ4n) is 2.42. The Bertz CT molecular complexity index is 481. The summed E-state index contributed by atoms with van der Waals surface area (Å²) >= 11 is 0. The fourth-order valence-corrected chi connectivity index (χ4v) is 2.42. The first-order chi connectivity index (χ1) is 11.0. The Morgan fingerprint density at radius 3 is 2.26 bits per heavy atom. The summed E-state index contributed by atoms with van der Waals surface area (Å²) in [5.41, 5.74) is 1.71. The summed E-state index contributed by atoms with van der Waals surface area (Å²) in [6, 6.07) is 7.38. The molecule has 0 spiro atoms. The lowest BCUT2D eigenvalue weighted by atomic mass is 10.0. The summed E-state index contributed by atoms with van der Waals surface area (Å²) in [7, 11) is 0. The molecule has 0 atom stereocenters. The molecule has 0 fully saturated rings. The number of hydrogen-bond acceptors (Lipinski definition) is 2. The van der Waals surface area contributed by atoms with Crippen LogP contribution in [0.1, 0.15) is 58.4 Å². The molecule has 0 aliphatic heterocycles. The smallest absolute Gasteiger partial charge is 0.224 e. The van der Waals surface area contributed by atoms with Crippen LogP contribution in [0.15, 0.2) is 24.3 Å². The van der Waals surface area contributed by atoms with E-state index in [0.717, 1.165) is 30.1 Å². The fraction of sp³-hybridized carbons (Fsp3) is 0.579. The minimum Gasteiger partial charge on any atom is -0.356 e. The van der Waals surface area contributed by atoms with E-state index in [1.165, 1.54) is 32.6 Å². The van der Waals surface area contributed by atoms with E-state index in [-0.39, 0.29) is 11.8 Å². The highest BCUT2D eigenvalue weighted by Gasteiger charge is 2.03. The Hall–Kier alpha value is -1.84. The molecule has 0 aliphatic carbocycles. The number of benzene rings is 1. The zero-order valence-corrected chi connectivity index (χ0v) is 14.7. The molecule has 1 aromatic carbocycles. The monoisotopic (exact) mass is 318 g/mol. The second-order valence-electron chi connectivity index (χ2n) is 6.50. The van der Waals surface area contributed by atoms with Gasteiger partial charge >= 0.3 is 0 Å². The standard InChI is InChI=1S/C19H30N2O2/c1-15(2)8-6-4-5-7-13-20-19(23)14-17-9-11-18(12-10-17)21-16(3)22/h9-12,15H,4-8,13-14H2,1-3H3,(H,20,23)(H,21,22). The van der Waals surface area contributed by atoms with Crippen molar-refractivity contribution in [2.45, 2.75) is 59.3 Å². The van der Waals surface area contributed by atoms with Crippen LogP contribution in [-0.4, -0.2) is 18.4 Å². The second kappa shape index (κ2) is 10.8. The van der Waals surface area contributed by atoms with Crippen LogP contribution in [0.4, 0.5) is 5.69 Å². The van der Waals surface area contributed by atoms with E-state index in [1.54, 1.807) is 0 Å². The highest BCUT2D eigenvalue weighted by molar-refractivity contribution is 5.88. The van der Waals surface area contributed by atoms with Gasteiger partial charge in [0.15, 0.2) is 0 Å². The number of hydrogen-bond donors (Lipinski definition) is 2. The maximum Gasteiger partial charge on any atom is 0.224 e. The van der Waals surface area contributed by atoms with E-state index in [9.17, 15) is 9.59 Å². The van der Waals surface area contributed by atoms with Gasteiger partial charge in [0, 0.05) is 19.2 Å². The van der Waals surface area contributed by atoms with Gasteiger partial charge < -0.3 is 10.6 Å². The Balaban J connectivity index is 2.15. The molecular weight excluding hydrogens is 288 g/mol. The highest BCUT2D eigenvalue weighted by Crippen LogP contribution is 2.10. The number of unbranched alkanes of at least 4 members (excludes halogenated alkanes) is 3. The van der Waals surface area contributed by atoms with Crippen molar-refractivity contribution in [3.63, 3.8) is 0 Å². The van der Waals surface area contributed by atoms with E-state index in [4.69, 9.17) is 0 Å². The molecule has 0 bridgehead atoms. The van der Waals surface area contributed by atoms with E-state index < -0.39 is 0 Å². The van der Waals surface area contributed by atoms with Crippen molar-refractivity contribution in [1.29, 1.82) is 0 Å². The SMILES string of the molecule is CC(=O)Nc1ccc(CC(=O)NCCCCCCC(C)C)cc1. The van der Waals surface area contributed by atoms with Crippen LogP contribution >= 0.6 is 0 Å². The summed E-state index contributed by atoms with van der Waals surface area (Å²) in [6.07, 6.45) is 6.43. The topological polar surface area (TPSA) is 58.2 Å². The van der Waals surface area contributed by atoms with Crippen molar-refractivity contribution in [2.75, 3.05) is 11.9 Å². The second-order valence-corrected chi connectivity index (χ2v) is 6.50. The van der Waals surface area contributed by atoms with Crippen molar-refractivity contribution in [1.82, 2.24) is 5.32 Å². The van der Waals surface area contributed by atoms with Gasteiger partial charge in [0.25, 0.3) is 0 Å². The minimum absolute atomic E-state index is 0.0551.